The average molecular weight is 165 g/mol. The van der Waals surface area contributed by atoms with E-state index in [1.807, 2.05) is 7.05 Å². The van der Waals surface area contributed by atoms with Crippen LogP contribution in [0, 0.1) is 0 Å². The van der Waals surface area contributed by atoms with Crippen molar-refractivity contribution < 1.29 is 0 Å². The zero-order chi connectivity index (χ0) is 6.85. The minimum absolute atomic E-state index is 0.460. The highest BCUT2D eigenvalue weighted by Gasteiger charge is 2.03. The van der Waals surface area contributed by atoms with Crippen molar-refractivity contribution in [3.8, 4) is 0 Å². The Balaban J connectivity index is 2.75. The SMILES string of the molecule is CN1C=CC(Cl)=C(Cl)N1. The molecule has 0 amide bonds. The summed E-state index contributed by atoms with van der Waals surface area (Å²) in [5.74, 6) is 0. The lowest BCUT2D eigenvalue weighted by Crippen LogP contribution is -2.29. The summed E-state index contributed by atoms with van der Waals surface area (Å²) >= 11 is 11.2. The van der Waals surface area contributed by atoms with Crippen molar-refractivity contribution in [2.45, 2.75) is 0 Å². The summed E-state index contributed by atoms with van der Waals surface area (Å²) < 4.78 is 0. The summed E-state index contributed by atoms with van der Waals surface area (Å²) in [6, 6.07) is 0. The molecule has 0 aromatic heterocycles. The third-order valence-corrected chi connectivity index (χ3v) is 1.63. The van der Waals surface area contributed by atoms with Crippen LogP contribution >= 0.6 is 23.2 Å². The fourth-order valence-electron chi connectivity index (χ4n) is 0.496. The van der Waals surface area contributed by atoms with E-state index < -0.39 is 0 Å². The highest BCUT2D eigenvalue weighted by molar-refractivity contribution is 6.40. The van der Waals surface area contributed by atoms with Gasteiger partial charge in [0.25, 0.3) is 0 Å². The van der Waals surface area contributed by atoms with Gasteiger partial charge >= 0.3 is 0 Å². The first-order chi connectivity index (χ1) is 4.20. The second-order valence-electron chi connectivity index (χ2n) is 1.70. The smallest absolute Gasteiger partial charge is 0.139 e. The van der Waals surface area contributed by atoms with E-state index >= 15 is 0 Å². The largest absolute Gasteiger partial charge is 0.297 e. The van der Waals surface area contributed by atoms with Crippen LogP contribution in [0.3, 0.4) is 0 Å². The first-order valence-corrected chi connectivity index (χ1v) is 3.18. The standard InChI is InChI=1S/C5H6Cl2N2/c1-9-3-2-4(6)5(7)8-9/h2-3,8H,1H3. The minimum atomic E-state index is 0.460. The Morgan fingerprint density at radius 2 is 2.22 bits per heavy atom. The normalized spacial score (nSPS) is 18.3. The van der Waals surface area contributed by atoms with Crippen LogP contribution in [-0.4, -0.2) is 12.1 Å². The van der Waals surface area contributed by atoms with E-state index in [4.69, 9.17) is 23.2 Å². The lowest BCUT2D eigenvalue weighted by molar-refractivity contribution is 0.375. The second-order valence-corrected chi connectivity index (χ2v) is 2.49. The van der Waals surface area contributed by atoms with Gasteiger partial charge in [0.2, 0.25) is 0 Å². The molecule has 2 nitrogen and oxygen atoms in total. The summed E-state index contributed by atoms with van der Waals surface area (Å²) in [7, 11) is 1.84. The van der Waals surface area contributed by atoms with Crippen molar-refractivity contribution in [2.24, 2.45) is 0 Å². The van der Waals surface area contributed by atoms with Crippen molar-refractivity contribution in [2.75, 3.05) is 7.05 Å². The van der Waals surface area contributed by atoms with Crippen molar-refractivity contribution >= 4 is 23.2 Å². The summed E-state index contributed by atoms with van der Waals surface area (Å²) in [6.07, 6.45) is 3.51. The lowest BCUT2D eigenvalue weighted by atomic mass is 10.5. The van der Waals surface area contributed by atoms with Crippen LogP contribution in [0.2, 0.25) is 0 Å². The molecule has 0 fully saturated rings. The van der Waals surface area contributed by atoms with Gasteiger partial charge in [0.15, 0.2) is 0 Å². The maximum Gasteiger partial charge on any atom is 0.139 e. The molecule has 0 saturated heterocycles. The number of hydrazine groups is 1. The summed E-state index contributed by atoms with van der Waals surface area (Å²) in [5.41, 5.74) is 2.79. The van der Waals surface area contributed by atoms with Crippen LogP contribution in [0.1, 0.15) is 0 Å². The molecule has 0 aromatic carbocycles. The van der Waals surface area contributed by atoms with E-state index in [0.717, 1.165) is 0 Å². The number of nitrogens with one attached hydrogen (secondary N) is 1. The lowest BCUT2D eigenvalue weighted by Gasteiger charge is -2.19. The van der Waals surface area contributed by atoms with E-state index in [1.165, 1.54) is 0 Å². The van der Waals surface area contributed by atoms with Gasteiger partial charge in [-0.05, 0) is 6.08 Å². The number of halogens is 2. The minimum Gasteiger partial charge on any atom is -0.297 e. The molecule has 50 valence electrons. The van der Waals surface area contributed by atoms with Crippen LogP contribution in [0.5, 0.6) is 0 Å². The summed E-state index contributed by atoms with van der Waals surface area (Å²) in [6.45, 7) is 0. The van der Waals surface area contributed by atoms with Gasteiger partial charge < -0.3 is 0 Å². The third kappa shape index (κ3) is 1.53. The molecule has 0 saturated carbocycles. The summed E-state index contributed by atoms with van der Waals surface area (Å²) in [5, 5.41) is 2.71. The number of rotatable bonds is 0. The third-order valence-electron chi connectivity index (χ3n) is 0.929. The van der Waals surface area contributed by atoms with Crippen LogP contribution in [0.15, 0.2) is 22.5 Å². The number of allylic oxidation sites excluding steroid dienone is 2. The highest BCUT2D eigenvalue weighted by Crippen LogP contribution is 2.15. The molecule has 0 aromatic rings. The van der Waals surface area contributed by atoms with Crippen LogP contribution in [0.4, 0.5) is 0 Å². The van der Waals surface area contributed by atoms with Crippen molar-refractivity contribution in [3.63, 3.8) is 0 Å². The first kappa shape index (κ1) is 6.78. The fourth-order valence-corrected chi connectivity index (χ4v) is 0.791. The van der Waals surface area contributed by atoms with Gasteiger partial charge in [0, 0.05) is 13.2 Å². The number of hydrogen-bond donors (Lipinski definition) is 1. The predicted molar refractivity (Wildman–Crippen MR) is 38.8 cm³/mol. The molecule has 0 aliphatic carbocycles. The van der Waals surface area contributed by atoms with Gasteiger partial charge in [-0.15, -0.1) is 0 Å². The van der Waals surface area contributed by atoms with E-state index in [-0.39, 0.29) is 0 Å². The quantitative estimate of drug-likeness (QED) is 0.548. The molecule has 0 radical (unpaired) electrons. The molecule has 1 N–H and O–H groups in total. The Morgan fingerprint density at radius 3 is 2.67 bits per heavy atom. The van der Waals surface area contributed by atoms with E-state index in [2.05, 4.69) is 5.43 Å². The van der Waals surface area contributed by atoms with Crippen molar-refractivity contribution in [1.82, 2.24) is 10.4 Å². The molecule has 0 unspecified atom stereocenters. The van der Waals surface area contributed by atoms with Gasteiger partial charge in [-0.1, -0.05) is 23.2 Å². The molecule has 0 spiro atoms. The Hall–Kier alpha value is -0.340. The molecule has 1 aliphatic rings. The monoisotopic (exact) mass is 164 g/mol. The second kappa shape index (κ2) is 2.50. The van der Waals surface area contributed by atoms with Gasteiger partial charge in [-0.2, -0.15) is 0 Å². The van der Waals surface area contributed by atoms with E-state index in [0.29, 0.717) is 10.2 Å². The molecular weight excluding hydrogens is 159 g/mol. The Kier molecular flexibility index (Phi) is 1.88. The van der Waals surface area contributed by atoms with E-state index in [1.54, 1.807) is 17.3 Å². The highest BCUT2D eigenvalue weighted by atomic mass is 35.5. The van der Waals surface area contributed by atoms with Gasteiger partial charge in [0.05, 0.1) is 5.03 Å². The molecule has 0 bridgehead atoms. The van der Waals surface area contributed by atoms with Gasteiger partial charge in [0.1, 0.15) is 5.16 Å². The first-order valence-electron chi connectivity index (χ1n) is 2.43. The van der Waals surface area contributed by atoms with Crippen molar-refractivity contribution in [3.05, 3.63) is 22.5 Å². The van der Waals surface area contributed by atoms with E-state index in [9.17, 15) is 0 Å². The summed E-state index contributed by atoms with van der Waals surface area (Å²) in [4.78, 5) is 0. The average Bonchev–Trinajstić information content (AvgIpc) is 1.80. The predicted octanol–water partition coefficient (Wildman–Crippen LogP) is 1.60. The maximum absolute atomic E-state index is 5.61. The Labute approximate surface area is 63.7 Å². The van der Waals surface area contributed by atoms with Crippen molar-refractivity contribution in [1.29, 1.82) is 0 Å². The van der Waals surface area contributed by atoms with Gasteiger partial charge in [-0.3, -0.25) is 10.4 Å². The molecule has 1 rings (SSSR count). The Bertz CT molecular complexity index is 174. The molecule has 4 heteroatoms. The Morgan fingerprint density at radius 1 is 1.56 bits per heavy atom. The molecule has 1 heterocycles. The molecule has 0 atom stereocenters. The topological polar surface area (TPSA) is 15.3 Å². The number of nitrogens with zero attached hydrogens (tertiary/aromatic N) is 1. The number of hydrogen-bond acceptors (Lipinski definition) is 2. The zero-order valence-electron chi connectivity index (χ0n) is 4.86. The molecular formula is C5H6Cl2N2. The zero-order valence-corrected chi connectivity index (χ0v) is 6.37. The maximum atomic E-state index is 5.61. The molecule has 1 aliphatic heterocycles. The molecule has 9 heavy (non-hydrogen) atoms. The van der Waals surface area contributed by atoms with Gasteiger partial charge in [-0.25, -0.2) is 0 Å². The van der Waals surface area contributed by atoms with Crippen LogP contribution in [0.25, 0.3) is 0 Å². The van der Waals surface area contributed by atoms with Crippen LogP contribution in [-0.2, 0) is 0 Å². The van der Waals surface area contributed by atoms with Crippen LogP contribution < -0.4 is 5.43 Å². The fraction of sp³-hybridized carbons (Fsp3) is 0.200.